The summed E-state index contributed by atoms with van der Waals surface area (Å²) in [7, 11) is 4.04. The molecule has 0 amide bonds. The summed E-state index contributed by atoms with van der Waals surface area (Å²) >= 11 is 0. The van der Waals surface area contributed by atoms with Crippen LogP contribution in [0, 0.1) is 0 Å². The van der Waals surface area contributed by atoms with Crippen LogP contribution in [0.2, 0.25) is 0 Å². The lowest BCUT2D eigenvalue weighted by molar-refractivity contribution is 0.312. The minimum atomic E-state index is 0.629. The molecule has 3 aromatic heterocycles. The molecule has 7 heteroatoms. The molecule has 2 fully saturated rings. The summed E-state index contributed by atoms with van der Waals surface area (Å²) < 4.78 is 2.09. The van der Waals surface area contributed by atoms with E-state index in [4.69, 9.17) is 0 Å². The number of pyridine rings is 2. The summed E-state index contributed by atoms with van der Waals surface area (Å²) in [6.45, 7) is 8.12. The van der Waals surface area contributed by atoms with Crippen molar-refractivity contribution in [3.8, 4) is 11.1 Å². The quantitative estimate of drug-likeness (QED) is 0.448. The molecule has 0 unspecified atom stereocenters. The first-order valence-electron chi connectivity index (χ1n) is 12.3. The van der Waals surface area contributed by atoms with Gasteiger partial charge < -0.3 is 15.1 Å². The van der Waals surface area contributed by atoms with Crippen molar-refractivity contribution in [2.45, 2.75) is 18.9 Å². The lowest BCUT2D eigenvalue weighted by Gasteiger charge is -2.33. The van der Waals surface area contributed by atoms with Gasteiger partial charge in [0.1, 0.15) is 11.6 Å². The Morgan fingerprint density at radius 3 is 2.51 bits per heavy atom. The van der Waals surface area contributed by atoms with Crippen LogP contribution >= 0.6 is 0 Å². The minimum Gasteiger partial charge on any atom is -0.373 e. The highest BCUT2D eigenvalue weighted by Crippen LogP contribution is 2.35. The van der Waals surface area contributed by atoms with E-state index in [0.717, 1.165) is 48.8 Å². The predicted octanol–water partition coefficient (Wildman–Crippen LogP) is 4.95. The minimum absolute atomic E-state index is 0.629. The molecule has 180 valence electrons. The highest BCUT2D eigenvalue weighted by atomic mass is 15.3. The Bertz CT molecular complexity index is 1300. The number of hydrogen-bond acceptors (Lipinski definition) is 6. The van der Waals surface area contributed by atoms with Crippen molar-refractivity contribution in [3.05, 3.63) is 73.3 Å². The zero-order chi connectivity index (χ0) is 24.2. The fourth-order valence-electron chi connectivity index (χ4n) is 4.25. The summed E-state index contributed by atoms with van der Waals surface area (Å²) in [6, 6.07) is 13.2. The second-order valence-electron chi connectivity index (χ2n) is 9.26. The lowest BCUT2D eigenvalue weighted by Crippen LogP contribution is -2.44. The third-order valence-corrected chi connectivity index (χ3v) is 6.67. The average Bonchev–Trinajstić information content (AvgIpc) is 3.65. The van der Waals surface area contributed by atoms with Gasteiger partial charge in [-0.3, -0.25) is 4.68 Å². The molecule has 1 aliphatic carbocycles. The van der Waals surface area contributed by atoms with Crippen molar-refractivity contribution in [1.82, 2.24) is 24.6 Å². The molecule has 1 aliphatic heterocycles. The second kappa shape index (κ2) is 10.3. The van der Waals surface area contributed by atoms with E-state index in [1.54, 1.807) is 0 Å². The first-order valence-corrected chi connectivity index (χ1v) is 12.3. The van der Waals surface area contributed by atoms with Crippen molar-refractivity contribution < 1.29 is 0 Å². The summed E-state index contributed by atoms with van der Waals surface area (Å²) in [4.78, 5) is 13.4. The van der Waals surface area contributed by atoms with E-state index in [1.165, 1.54) is 29.4 Å². The van der Waals surface area contributed by atoms with Gasteiger partial charge in [0.05, 0.1) is 12.2 Å². The molecular weight excluding hydrogens is 434 g/mol. The van der Waals surface area contributed by atoms with Gasteiger partial charge in [0.25, 0.3) is 0 Å². The van der Waals surface area contributed by atoms with E-state index in [9.17, 15) is 0 Å². The standard InChI is InChI=1S/C16H16N4.C12H17N3/c1-17-16-7-13-6-11(2-3-12(13)8-18-16)14-9-19-20(10-14)15-4-5-15;1-3-11-4-5-13-12(10-11)15-8-6-14(2)7-9-15/h2-3,6-10,15H,4-5H2,1H3,(H,17,18);3-5,10H,1,6-9H2,2H3. The zero-order valence-corrected chi connectivity index (χ0v) is 20.6. The fraction of sp³-hybridized carbons (Fsp3) is 0.321. The number of nitrogens with one attached hydrogen (secondary N) is 1. The molecule has 1 aromatic carbocycles. The maximum absolute atomic E-state index is 4.46. The molecule has 0 radical (unpaired) electrons. The van der Waals surface area contributed by atoms with Gasteiger partial charge in [-0.1, -0.05) is 24.8 Å². The third-order valence-electron chi connectivity index (χ3n) is 6.67. The maximum Gasteiger partial charge on any atom is 0.129 e. The van der Waals surface area contributed by atoms with Gasteiger partial charge in [-0.2, -0.15) is 5.10 Å². The van der Waals surface area contributed by atoms with Crippen LogP contribution in [0.25, 0.3) is 28.0 Å². The molecule has 2 aliphatic rings. The normalized spacial score (nSPS) is 16.0. The molecule has 0 atom stereocenters. The second-order valence-corrected chi connectivity index (χ2v) is 9.26. The van der Waals surface area contributed by atoms with E-state index in [2.05, 4.69) is 85.0 Å². The van der Waals surface area contributed by atoms with Crippen molar-refractivity contribution in [2.75, 3.05) is 50.5 Å². The van der Waals surface area contributed by atoms with Crippen LogP contribution < -0.4 is 10.2 Å². The van der Waals surface area contributed by atoms with Gasteiger partial charge >= 0.3 is 0 Å². The highest BCUT2D eigenvalue weighted by molar-refractivity contribution is 5.88. The van der Waals surface area contributed by atoms with Gasteiger partial charge in [-0.25, -0.2) is 9.97 Å². The number of fused-ring (bicyclic) bond motifs is 1. The third kappa shape index (κ3) is 5.52. The molecule has 0 bridgehead atoms. The molecule has 6 rings (SSSR count). The number of rotatable bonds is 5. The summed E-state index contributed by atoms with van der Waals surface area (Å²) in [5.74, 6) is 1.96. The topological polar surface area (TPSA) is 62.1 Å². The van der Waals surface area contributed by atoms with E-state index in [-0.39, 0.29) is 0 Å². The molecule has 7 nitrogen and oxygen atoms in total. The molecular formula is C28H33N7. The van der Waals surface area contributed by atoms with E-state index in [1.807, 2.05) is 37.8 Å². The molecule has 1 saturated heterocycles. The Morgan fingerprint density at radius 2 is 1.77 bits per heavy atom. The number of aromatic nitrogens is 4. The lowest BCUT2D eigenvalue weighted by atomic mass is 10.1. The van der Waals surface area contributed by atoms with Gasteiger partial charge in [-0.15, -0.1) is 0 Å². The Morgan fingerprint density at radius 1 is 0.943 bits per heavy atom. The van der Waals surface area contributed by atoms with Crippen molar-refractivity contribution in [1.29, 1.82) is 0 Å². The molecule has 4 heterocycles. The maximum atomic E-state index is 4.46. The summed E-state index contributed by atoms with van der Waals surface area (Å²) in [5.41, 5.74) is 3.53. The molecule has 0 spiro atoms. The highest BCUT2D eigenvalue weighted by Gasteiger charge is 2.24. The number of likely N-dealkylation sites (N-methyl/N-ethyl adjacent to an activating group) is 1. The molecule has 35 heavy (non-hydrogen) atoms. The van der Waals surface area contributed by atoms with Gasteiger partial charge in [-0.05, 0) is 60.7 Å². The molecule has 1 N–H and O–H groups in total. The number of hydrogen-bond donors (Lipinski definition) is 1. The summed E-state index contributed by atoms with van der Waals surface area (Å²) in [6.07, 6.45) is 12.2. The monoisotopic (exact) mass is 467 g/mol. The molecule has 1 saturated carbocycles. The smallest absolute Gasteiger partial charge is 0.129 e. The van der Waals surface area contributed by atoms with Crippen LogP contribution in [0.5, 0.6) is 0 Å². The van der Waals surface area contributed by atoms with Crippen LogP contribution in [-0.4, -0.2) is 64.9 Å². The number of piperazine rings is 1. The van der Waals surface area contributed by atoms with E-state index < -0.39 is 0 Å². The van der Waals surface area contributed by atoms with Crippen LogP contribution in [-0.2, 0) is 0 Å². The number of nitrogens with zero attached hydrogens (tertiary/aromatic N) is 6. The summed E-state index contributed by atoms with van der Waals surface area (Å²) in [5, 5.41) is 9.89. The number of benzene rings is 1. The largest absolute Gasteiger partial charge is 0.373 e. The Kier molecular flexibility index (Phi) is 6.77. The van der Waals surface area contributed by atoms with E-state index >= 15 is 0 Å². The van der Waals surface area contributed by atoms with Crippen LogP contribution in [0.1, 0.15) is 24.4 Å². The predicted molar refractivity (Wildman–Crippen MR) is 145 cm³/mol. The Hall–Kier alpha value is -3.71. The fourth-order valence-corrected chi connectivity index (χ4v) is 4.25. The first kappa shape index (κ1) is 23.1. The zero-order valence-electron chi connectivity index (χ0n) is 20.6. The van der Waals surface area contributed by atoms with Gasteiger partial charge in [0.15, 0.2) is 0 Å². The van der Waals surface area contributed by atoms with Crippen molar-refractivity contribution >= 4 is 28.5 Å². The van der Waals surface area contributed by atoms with Crippen LogP contribution in [0.4, 0.5) is 11.6 Å². The van der Waals surface area contributed by atoms with Crippen molar-refractivity contribution in [3.63, 3.8) is 0 Å². The number of anilines is 2. The molecule has 4 aromatic rings. The first-order chi connectivity index (χ1) is 17.1. The van der Waals surface area contributed by atoms with Crippen molar-refractivity contribution in [2.24, 2.45) is 0 Å². The SMILES string of the molecule is C=Cc1ccnc(N2CCN(C)CC2)c1.CNc1cc2cc(-c3cnn(C4CC4)c3)ccc2cn1. The van der Waals surface area contributed by atoms with Gasteiger partial charge in [0.2, 0.25) is 0 Å². The Labute approximate surface area is 207 Å². The average molecular weight is 468 g/mol. The van der Waals surface area contributed by atoms with E-state index in [0.29, 0.717) is 6.04 Å². The van der Waals surface area contributed by atoms with Crippen LogP contribution in [0.15, 0.2) is 67.8 Å². The van der Waals surface area contributed by atoms with Gasteiger partial charge in [0, 0.05) is 62.8 Å². The van der Waals surface area contributed by atoms with Crippen LogP contribution in [0.3, 0.4) is 0 Å². The Balaban J connectivity index is 0.000000152.